The quantitative estimate of drug-likeness (QED) is 0.0712. The molecule has 0 bridgehead atoms. The summed E-state index contributed by atoms with van der Waals surface area (Å²) in [5, 5.41) is 13.1. The molecule has 0 aromatic heterocycles. The van der Waals surface area contributed by atoms with Crippen molar-refractivity contribution in [3.05, 3.63) is 112 Å². The third-order valence-corrected chi connectivity index (χ3v) is 7.94. The van der Waals surface area contributed by atoms with Crippen molar-refractivity contribution in [2.75, 3.05) is 6.61 Å². The van der Waals surface area contributed by atoms with Gasteiger partial charge in [0.15, 0.2) is 0 Å². The van der Waals surface area contributed by atoms with Crippen LogP contribution < -0.4 is 14.8 Å². The van der Waals surface area contributed by atoms with E-state index in [1.807, 2.05) is 0 Å². The fourth-order valence-electron chi connectivity index (χ4n) is 4.93. The van der Waals surface area contributed by atoms with Crippen LogP contribution in [0.2, 0.25) is 10.0 Å². The molecule has 1 amide bonds. The number of ether oxygens (including phenoxy) is 3. The molecule has 4 aromatic rings. The summed E-state index contributed by atoms with van der Waals surface area (Å²) in [7, 11) is 0. The van der Waals surface area contributed by atoms with Crippen molar-refractivity contribution in [2.45, 2.75) is 57.9 Å². The highest BCUT2D eigenvalue weighted by molar-refractivity contribution is 6.31. The second-order valence-electron chi connectivity index (χ2n) is 11.3. The van der Waals surface area contributed by atoms with Gasteiger partial charge in [0.25, 0.3) is 5.91 Å². The summed E-state index contributed by atoms with van der Waals surface area (Å²) in [6, 6.07) is 18.7. The zero-order valence-corrected chi connectivity index (χ0v) is 28.4. The lowest BCUT2D eigenvalue weighted by atomic mass is 10.00. The van der Waals surface area contributed by atoms with Gasteiger partial charge in [-0.1, -0.05) is 92.2 Å². The van der Waals surface area contributed by atoms with E-state index in [-0.39, 0.29) is 39.1 Å². The Labute approximate surface area is 297 Å². The number of carbonyl (C=O) groups is 3. The monoisotopic (exact) mass is 731 g/mol. The number of alkyl halides is 3. The van der Waals surface area contributed by atoms with Crippen molar-refractivity contribution in [2.24, 2.45) is 0 Å². The summed E-state index contributed by atoms with van der Waals surface area (Å²) < 4.78 is 52.5. The molecule has 50 heavy (non-hydrogen) atoms. The first-order chi connectivity index (χ1) is 23.8. The minimum atomic E-state index is -4.81. The first-order valence-electron chi connectivity index (χ1n) is 15.8. The van der Waals surface area contributed by atoms with E-state index in [0.29, 0.717) is 23.3 Å². The van der Waals surface area contributed by atoms with Crippen molar-refractivity contribution >= 4 is 41.0 Å². The molecule has 0 aliphatic rings. The standard InChI is InChI=1S/C37H34Cl2F3NO7/c1-2-3-4-5-6-19-48-33-18-14-27(39)22-30(33)34(45)43-31(36(47)49-35(46)29-21-26(38)13-17-32(29)44)20-23-7-9-24(10-8-23)25-11-15-28(16-12-25)50-37(40,41)42/h7-18,21-22,31,44H,2-6,19-20H2,1H3,(H,43,45)/t31-/m0/s1. The highest BCUT2D eigenvalue weighted by atomic mass is 35.5. The summed E-state index contributed by atoms with van der Waals surface area (Å²) in [5.74, 6) is -3.59. The predicted molar refractivity (Wildman–Crippen MR) is 183 cm³/mol. The molecular weight excluding hydrogens is 698 g/mol. The number of unbranched alkanes of at least 4 members (excludes halogenated alkanes) is 4. The van der Waals surface area contributed by atoms with Crippen LogP contribution in [0.15, 0.2) is 84.9 Å². The largest absolute Gasteiger partial charge is 0.573 e. The van der Waals surface area contributed by atoms with Gasteiger partial charge in [-0.05, 0) is 71.6 Å². The van der Waals surface area contributed by atoms with E-state index in [9.17, 15) is 32.7 Å². The van der Waals surface area contributed by atoms with Gasteiger partial charge in [0.1, 0.15) is 28.9 Å². The molecule has 8 nitrogen and oxygen atoms in total. The second kappa shape index (κ2) is 17.8. The zero-order valence-electron chi connectivity index (χ0n) is 26.9. The minimum Gasteiger partial charge on any atom is -0.507 e. The van der Waals surface area contributed by atoms with Gasteiger partial charge in [-0.3, -0.25) is 4.79 Å². The average molecular weight is 733 g/mol. The van der Waals surface area contributed by atoms with Crippen LogP contribution in [0.1, 0.15) is 65.3 Å². The molecule has 1 atom stereocenters. The molecule has 0 aliphatic heterocycles. The van der Waals surface area contributed by atoms with Gasteiger partial charge >= 0.3 is 18.3 Å². The Hall–Kier alpha value is -4.74. The SMILES string of the molecule is CCCCCCCOc1ccc(Cl)cc1C(=O)N[C@@H](Cc1ccc(-c2ccc(OC(F)(F)F)cc2)cc1)C(=O)OC(=O)c1cc(Cl)ccc1O. The molecule has 0 aliphatic carbocycles. The topological polar surface area (TPSA) is 111 Å². The number of phenols is 1. The molecular formula is C37H34Cl2F3NO7. The lowest BCUT2D eigenvalue weighted by Gasteiger charge is -2.19. The molecule has 0 fully saturated rings. The molecule has 0 radical (unpaired) electrons. The average Bonchev–Trinajstić information content (AvgIpc) is 3.07. The van der Waals surface area contributed by atoms with Crippen molar-refractivity contribution in [3.63, 3.8) is 0 Å². The molecule has 0 saturated carbocycles. The van der Waals surface area contributed by atoms with Crippen LogP contribution in [0.3, 0.4) is 0 Å². The lowest BCUT2D eigenvalue weighted by Crippen LogP contribution is -2.44. The number of esters is 2. The van der Waals surface area contributed by atoms with E-state index in [1.165, 1.54) is 42.5 Å². The highest BCUT2D eigenvalue weighted by Crippen LogP contribution is 2.28. The second-order valence-corrected chi connectivity index (χ2v) is 12.1. The highest BCUT2D eigenvalue weighted by Gasteiger charge is 2.31. The van der Waals surface area contributed by atoms with E-state index < -0.39 is 36.0 Å². The maximum atomic E-state index is 13.6. The van der Waals surface area contributed by atoms with Gasteiger partial charge in [0.05, 0.1) is 12.2 Å². The van der Waals surface area contributed by atoms with E-state index in [0.717, 1.165) is 38.2 Å². The summed E-state index contributed by atoms with van der Waals surface area (Å²) in [6.45, 7) is 2.48. The van der Waals surface area contributed by atoms with Gasteiger partial charge in [-0.25, -0.2) is 9.59 Å². The molecule has 4 aromatic carbocycles. The molecule has 0 spiro atoms. The van der Waals surface area contributed by atoms with Crippen LogP contribution in [0.25, 0.3) is 11.1 Å². The molecule has 13 heteroatoms. The van der Waals surface area contributed by atoms with Crippen LogP contribution in [-0.4, -0.2) is 42.0 Å². The Balaban J connectivity index is 1.54. The van der Waals surface area contributed by atoms with Crippen LogP contribution in [0, 0.1) is 0 Å². The molecule has 0 saturated heterocycles. The number of amides is 1. The van der Waals surface area contributed by atoms with E-state index >= 15 is 0 Å². The normalized spacial score (nSPS) is 11.8. The predicted octanol–water partition coefficient (Wildman–Crippen LogP) is 9.34. The van der Waals surface area contributed by atoms with Gasteiger partial charge in [0, 0.05) is 16.5 Å². The number of carbonyl (C=O) groups excluding carboxylic acids is 3. The number of rotatable bonds is 15. The first-order valence-corrected chi connectivity index (χ1v) is 16.5. The maximum absolute atomic E-state index is 13.6. The van der Waals surface area contributed by atoms with Crippen LogP contribution >= 0.6 is 23.2 Å². The Kier molecular flexibility index (Phi) is 13.5. The zero-order chi connectivity index (χ0) is 36.3. The van der Waals surface area contributed by atoms with Crippen LogP contribution in [-0.2, 0) is 16.0 Å². The van der Waals surface area contributed by atoms with Gasteiger partial charge in [0.2, 0.25) is 0 Å². The van der Waals surface area contributed by atoms with Crippen molar-refractivity contribution < 1.29 is 46.9 Å². The summed E-state index contributed by atoms with van der Waals surface area (Å²) in [5.41, 5.74) is 1.51. The molecule has 264 valence electrons. The Bertz CT molecular complexity index is 1780. The van der Waals surface area contributed by atoms with Crippen molar-refractivity contribution in [1.29, 1.82) is 0 Å². The number of benzene rings is 4. The summed E-state index contributed by atoms with van der Waals surface area (Å²) in [4.78, 5) is 39.9. The third-order valence-electron chi connectivity index (χ3n) is 7.47. The van der Waals surface area contributed by atoms with Crippen molar-refractivity contribution in [3.8, 4) is 28.4 Å². The Morgan fingerprint density at radius 2 is 1.40 bits per heavy atom. The smallest absolute Gasteiger partial charge is 0.507 e. The summed E-state index contributed by atoms with van der Waals surface area (Å²) in [6.07, 6.45) is 0.0641. The fraction of sp³-hybridized carbons (Fsp3) is 0.270. The number of aromatic hydroxyl groups is 1. The molecule has 0 heterocycles. The minimum absolute atomic E-state index is 0.0657. The van der Waals surface area contributed by atoms with E-state index in [4.69, 9.17) is 32.7 Å². The van der Waals surface area contributed by atoms with E-state index in [2.05, 4.69) is 17.0 Å². The van der Waals surface area contributed by atoms with Crippen LogP contribution in [0.4, 0.5) is 13.2 Å². The van der Waals surface area contributed by atoms with Crippen molar-refractivity contribution in [1.82, 2.24) is 5.32 Å². The van der Waals surface area contributed by atoms with Gasteiger partial charge in [-0.2, -0.15) is 0 Å². The fourth-order valence-corrected chi connectivity index (χ4v) is 5.27. The third kappa shape index (κ3) is 11.4. The van der Waals surface area contributed by atoms with Crippen LogP contribution in [0.5, 0.6) is 17.2 Å². The molecule has 0 unspecified atom stereocenters. The number of phenolic OH excluding ortho intramolecular Hbond substituents is 1. The number of halogens is 5. The number of hydrogen-bond acceptors (Lipinski definition) is 7. The number of hydrogen-bond donors (Lipinski definition) is 2. The van der Waals surface area contributed by atoms with E-state index in [1.54, 1.807) is 36.4 Å². The first kappa shape index (κ1) is 38.1. The molecule has 2 N–H and O–H groups in total. The number of nitrogens with one attached hydrogen (secondary N) is 1. The van der Waals surface area contributed by atoms with Gasteiger partial charge in [-0.15, -0.1) is 13.2 Å². The maximum Gasteiger partial charge on any atom is 0.573 e. The lowest BCUT2D eigenvalue weighted by molar-refractivity contribution is -0.274. The Morgan fingerprint density at radius 1 is 0.800 bits per heavy atom. The van der Waals surface area contributed by atoms with Gasteiger partial charge < -0.3 is 24.6 Å². The molecule has 4 rings (SSSR count). The summed E-state index contributed by atoms with van der Waals surface area (Å²) >= 11 is 12.2. The Morgan fingerprint density at radius 3 is 2.04 bits per heavy atom.